The first-order valence-corrected chi connectivity index (χ1v) is 2.12. The van der Waals surface area contributed by atoms with Crippen molar-refractivity contribution in [1.82, 2.24) is 0 Å². The zero-order chi connectivity index (χ0) is 9.28. The maximum atomic E-state index is 11.0. The van der Waals surface area contributed by atoms with Gasteiger partial charge in [0.2, 0.25) is 0 Å². The normalized spacial score (nSPS) is 12.9. The van der Waals surface area contributed by atoms with Crippen molar-refractivity contribution in [3.05, 3.63) is 0 Å². The summed E-state index contributed by atoms with van der Waals surface area (Å²) in [5.41, 5.74) is 0. The maximum absolute atomic E-state index is 11.0. The van der Waals surface area contributed by atoms with Crippen molar-refractivity contribution >= 4 is 13.1 Å². The first-order valence-electron chi connectivity index (χ1n) is 2.12. The van der Waals surface area contributed by atoms with Gasteiger partial charge in [0.1, 0.15) is 0 Å². The Hall–Kier alpha value is -0.885. The van der Waals surface area contributed by atoms with E-state index in [4.69, 9.17) is 0 Å². The predicted molar refractivity (Wildman–Crippen MR) is 21.2 cm³/mol. The van der Waals surface area contributed by atoms with Gasteiger partial charge in [-0.2, -0.15) is 13.2 Å². The smallest absolute Gasteiger partial charge is 0.602 e. The molecular weight excluding hydrogens is 181 g/mol. The Balaban J connectivity index is 4.11. The highest BCUT2D eigenvalue weighted by atomic mass is 19.4. The average molecular weight is 181 g/mol. The molecular formula is C2BF6O2-. The largest absolute Gasteiger partial charge is 0.702 e. The van der Waals surface area contributed by atoms with E-state index >= 15 is 0 Å². The van der Waals surface area contributed by atoms with E-state index in [0.717, 1.165) is 0 Å². The molecule has 0 radical (unpaired) electrons. The van der Waals surface area contributed by atoms with E-state index in [9.17, 15) is 30.9 Å². The molecule has 0 aliphatic carbocycles. The van der Waals surface area contributed by atoms with Gasteiger partial charge in [0.15, 0.2) is 0 Å². The summed E-state index contributed by atoms with van der Waals surface area (Å²) in [5, 5.41) is 0. The summed E-state index contributed by atoms with van der Waals surface area (Å²) in [6, 6.07) is 0. The van der Waals surface area contributed by atoms with Crippen molar-refractivity contribution in [1.29, 1.82) is 0 Å². The van der Waals surface area contributed by atoms with Crippen LogP contribution in [0.5, 0.6) is 0 Å². The van der Waals surface area contributed by atoms with E-state index < -0.39 is 19.3 Å². The number of carbonyl (C=O) groups is 1. The number of rotatable bonds is 1. The number of hydrogen-bond acceptors (Lipinski definition) is 2. The Morgan fingerprint density at radius 2 is 1.55 bits per heavy atom. The van der Waals surface area contributed by atoms with Crippen molar-refractivity contribution in [3.63, 3.8) is 0 Å². The van der Waals surface area contributed by atoms with Crippen molar-refractivity contribution in [2.24, 2.45) is 0 Å². The van der Waals surface area contributed by atoms with Gasteiger partial charge in [0.25, 0.3) is 0 Å². The lowest BCUT2D eigenvalue weighted by Gasteiger charge is -2.17. The van der Waals surface area contributed by atoms with Gasteiger partial charge in [-0.05, 0) is 0 Å². The Kier molecular flexibility index (Phi) is 2.42. The van der Waals surface area contributed by atoms with E-state index in [1.807, 2.05) is 0 Å². The quantitative estimate of drug-likeness (QED) is 0.451. The fraction of sp³-hybridized carbons (Fsp3) is 0.500. The molecule has 0 aliphatic heterocycles. The highest BCUT2D eigenvalue weighted by Crippen LogP contribution is 2.21. The minimum atomic E-state index is -6.18. The summed E-state index contributed by atoms with van der Waals surface area (Å²) >= 11 is 0. The fourth-order valence-electron chi connectivity index (χ4n) is 0.188. The van der Waals surface area contributed by atoms with Crippen LogP contribution in [-0.2, 0) is 9.45 Å². The Labute approximate surface area is 56.2 Å². The molecule has 0 aliphatic rings. The Morgan fingerprint density at radius 3 is 1.64 bits per heavy atom. The summed E-state index contributed by atoms with van der Waals surface area (Å²) in [5.74, 6) is -3.25. The first kappa shape index (κ1) is 10.1. The molecule has 0 bridgehead atoms. The zero-order valence-electron chi connectivity index (χ0n) is 4.66. The lowest BCUT2D eigenvalue weighted by Crippen LogP contribution is -2.34. The van der Waals surface area contributed by atoms with Gasteiger partial charge >= 0.3 is 19.3 Å². The van der Waals surface area contributed by atoms with Crippen LogP contribution in [0.3, 0.4) is 0 Å². The summed E-state index contributed by atoms with van der Waals surface area (Å²) in [6.07, 6.45) is -5.60. The SMILES string of the molecule is O=C(O[11B-](F)(F)F)C(F)(F)F. The zero-order valence-corrected chi connectivity index (χ0v) is 4.66. The molecule has 0 spiro atoms. The van der Waals surface area contributed by atoms with Crippen LogP contribution in [0.2, 0.25) is 0 Å². The number of carbonyl (C=O) groups excluding carboxylic acids is 1. The standard InChI is InChI=1S/C2BF6O2/c4-2(5,6)1(10)11-3(7,8)9/q-1/i3+0. The lowest BCUT2D eigenvalue weighted by atomic mass is 10.4. The minimum absolute atomic E-state index is 2.10. The molecule has 2 nitrogen and oxygen atoms in total. The lowest BCUT2D eigenvalue weighted by molar-refractivity contribution is -0.193. The second-order valence-corrected chi connectivity index (χ2v) is 1.42. The van der Waals surface area contributed by atoms with Crippen molar-refractivity contribution in [3.8, 4) is 0 Å². The second kappa shape index (κ2) is 2.63. The second-order valence-electron chi connectivity index (χ2n) is 1.42. The molecule has 0 atom stereocenters. The molecule has 0 saturated carbocycles. The molecule has 0 rings (SSSR count). The molecule has 0 aromatic rings. The highest BCUT2D eigenvalue weighted by molar-refractivity contribution is 6.53. The number of hydrogen-bond donors (Lipinski definition) is 0. The van der Waals surface area contributed by atoms with Crippen molar-refractivity contribution in [2.45, 2.75) is 6.18 Å². The van der Waals surface area contributed by atoms with Crippen molar-refractivity contribution < 1.29 is 35.6 Å². The number of alkyl halides is 3. The predicted octanol–water partition coefficient (Wildman–Crippen LogP) is 1.44. The van der Waals surface area contributed by atoms with E-state index in [1.165, 1.54) is 0 Å². The molecule has 0 unspecified atom stereocenters. The molecule has 0 aromatic heterocycles. The number of halogens is 6. The third kappa shape index (κ3) is 4.51. The van der Waals surface area contributed by atoms with Crippen molar-refractivity contribution in [2.75, 3.05) is 0 Å². The summed E-state index contributed by atoms with van der Waals surface area (Å²) in [6.45, 7) is 0. The molecule has 0 heterocycles. The van der Waals surface area contributed by atoms with Crippen LogP contribution in [0.4, 0.5) is 26.1 Å². The molecule has 0 saturated heterocycles. The minimum Gasteiger partial charge on any atom is -0.602 e. The van der Waals surface area contributed by atoms with Crippen LogP contribution in [0.15, 0.2) is 0 Å². The topological polar surface area (TPSA) is 26.3 Å². The van der Waals surface area contributed by atoms with E-state index in [1.54, 1.807) is 0 Å². The van der Waals surface area contributed by atoms with Gasteiger partial charge in [0.05, 0.1) is 0 Å². The monoisotopic (exact) mass is 181 g/mol. The van der Waals surface area contributed by atoms with Crippen LogP contribution in [-0.4, -0.2) is 19.3 Å². The molecule has 11 heavy (non-hydrogen) atoms. The van der Waals surface area contributed by atoms with Gasteiger partial charge < -0.3 is 17.6 Å². The van der Waals surface area contributed by atoms with E-state index in [2.05, 4.69) is 4.65 Å². The van der Waals surface area contributed by atoms with Gasteiger partial charge in [-0.25, -0.2) is 4.79 Å². The summed E-state index contributed by atoms with van der Waals surface area (Å²) < 4.78 is 68.0. The maximum Gasteiger partial charge on any atom is 0.702 e. The van der Waals surface area contributed by atoms with Crippen LogP contribution in [0, 0.1) is 0 Å². The van der Waals surface area contributed by atoms with Crippen LogP contribution < -0.4 is 0 Å². The van der Waals surface area contributed by atoms with Crippen LogP contribution in [0.25, 0.3) is 0 Å². The summed E-state index contributed by atoms with van der Waals surface area (Å²) in [7, 11) is -6.18. The molecule has 66 valence electrons. The van der Waals surface area contributed by atoms with Gasteiger partial charge in [-0.3, -0.25) is 0 Å². The van der Waals surface area contributed by atoms with Gasteiger partial charge in [0, 0.05) is 0 Å². The van der Waals surface area contributed by atoms with Gasteiger partial charge in [-0.1, -0.05) is 0 Å². The third-order valence-corrected chi connectivity index (χ3v) is 0.472. The van der Waals surface area contributed by atoms with E-state index in [-0.39, 0.29) is 0 Å². The fourth-order valence-corrected chi connectivity index (χ4v) is 0.188. The third-order valence-electron chi connectivity index (χ3n) is 0.472. The van der Waals surface area contributed by atoms with Crippen LogP contribution in [0.1, 0.15) is 0 Å². The first-order chi connectivity index (χ1) is 4.63. The highest BCUT2D eigenvalue weighted by Gasteiger charge is 2.44. The Morgan fingerprint density at radius 1 is 1.18 bits per heavy atom. The molecule has 0 N–H and O–H groups in total. The van der Waals surface area contributed by atoms with Crippen LogP contribution >= 0.6 is 0 Å². The molecule has 9 heteroatoms. The molecule has 0 aromatic carbocycles. The molecule has 0 fully saturated rings. The Bertz CT molecular complexity index is 157. The average Bonchev–Trinajstić information content (AvgIpc) is 1.56. The van der Waals surface area contributed by atoms with E-state index in [0.29, 0.717) is 0 Å². The van der Waals surface area contributed by atoms with Gasteiger partial charge in [-0.15, -0.1) is 0 Å². The summed E-state index contributed by atoms with van der Waals surface area (Å²) in [4.78, 5) is 9.43. The molecule has 0 amide bonds.